The Balaban J connectivity index is 1.94. The van der Waals surface area contributed by atoms with E-state index in [9.17, 15) is 4.79 Å². The minimum absolute atomic E-state index is 0.140. The maximum Gasteiger partial charge on any atom is 0.239 e. The molecule has 2 rings (SSSR count). The Kier molecular flexibility index (Phi) is 6.65. The first-order valence-electron chi connectivity index (χ1n) is 7.97. The third-order valence-electron chi connectivity index (χ3n) is 4.24. The van der Waals surface area contributed by atoms with E-state index in [1.807, 2.05) is 16.7 Å². The zero-order valence-corrected chi connectivity index (χ0v) is 13.4. The molecule has 2 saturated heterocycles. The summed E-state index contributed by atoms with van der Waals surface area (Å²) in [6.07, 6.45) is 6.44. The molecule has 0 aromatic heterocycles. The fraction of sp³-hybridized carbons (Fsp3) is 0.933. The predicted octanol–water partition coefficient (Wildman–Crippen LogP) is 2.02. The molecule has 1 amide bonds. The quantitative estimate of drug-likeness (QED) is 0.781. The highest BCUT2D eigenvalue weighted by Crippen LogP contribution is 2.25. The lowest BCUT2D eigenvalue weighted by atomic mass is 10.1. The van der Waals surface area contributed by atoms with Crippen LogP contribution in [-0.2, 0) is 9.53 Å². The van der Waals surface area contributed by atoms with Gasteiger partial charge in [0.15, 0.2) is 0 Å². The van der Waals surface area contributed by atoms with Gasteiger partial charge in [-0.1, -0.05) is 19.8 Å². The number of hydrogen-bond donors (Lipinski definition) is 1. The number of rotatable bonds is 7. The van der Waals surface area contributed by atoms with E-state index in [4.69, 9.17) is 10.5 Å². The molecule has 2 heterocycles. The molecule has 0 saturated carbocycles. The number of carbonyl (C=O) groups is 1. The molecule has 2 aliphatic rings. The Labute approximate surface area is 126 Å². The van der Waals surface area contributed by atoms with Crippen LogP contribution in [0.15, 0.2) is 0 Å². The molecule has 3 atom stereocenters. The van der Waals surface area contributed by atoms with Crippen LogP contribution < -0.4 is 5.73 Å². The van der Waals surface area contributed by atoms with Gasteiger partial charge in [-0.15, -0.1) is 0 Å². The standard InChI is InChI=1S/C15H28N2O2S/c1-2-3-6-14(16)15(18)17(12-7-9-20-11-12)10-13-5-4-8-19-13/h12-14H,2-11,16H2,1H3. The van der Waals surface area contributed by atoms with Crippen molar-refractivity contribution in [2.24, 2.45) is 5.73 Å². The van der Waals surface area contributed by atoms with Crippen LogP contribution in [0, 0.1) is 0 Å². The fourth-order valence-electron chi connectivity index (χ4n) is 2.96. The molecule has 3 unspecified atom stereocenters. The molecule has 0 bridgehead atoms. The number of amides is 1. The third-order valence-corrected chi connectivity index (χ3v) is 5.38. The molecule has 0 spiro atoms. The van der Waals surface area contributed by atoms with Crippen molar-refractivity contribution in [2.75, 3.05) is 24.7 Å². The van der Waals surface area contributed by atoms with Gasteiger partial charge in [0, 0.05) is 24.9 Å². The topological polar surface area (TPSA) is 55.6 Å². The Morgan fingerprint density at radius 3 is 2.95 bits per heavy atom. The second kappa shape index (κ2) is 8.25. The van der Waals surface area contributed by atoms with Gasteiger partial charge in [0.1, 0.15) is 0 Å². The molecule has 5 heteroatoms. The predicted molar refractivity (Wildman–Crippen MR) is 83.9 cm³/mol. The van der Waals surface area contributed by atoms with Crippen LogP contribution in [0.5, 0.6) is 0 Å². The van der Waals surface area contributed by atoms with Crippen molar-refractivity contribution in [2.45, 2.75) is 63.6 Å². The van der Waals surface area contributed by atoms with Gasteiger partial charge in [0.25, 0.3) is 0 Å². The molecule has 116 valence electrons. The van der Waals surface area contributed by atoms with E-state index in [-0.39, 0.29) is 18.1 Å². The van der Waals surface area contributed by atoms with E-state index in [1.54, 1.807) is 0 Å². The van der Waals surface area contributed by atoms with Gasteiger partial charge < -0.3 is 15.4 Å². The second-order valence-corrected chi connectivity index (χ2v) is 7.04. The first-order chi connectivity index (χ1) is 9.72. The van der Waals surface area contributed by atoms with Crippen molar-refractivity contribution >= 4 is 17.7 Å². The summed E-state index contributed by atoms with van der Waals surface area (Å²) in [5, 5.41) is 0. The highest BCUT2D eigenvalue weighted by Gasteiger charge is 2.32. The lowest BCUT2D eigenvalue weighted by Gasteiger charge is -2.32. The van der Waals surface area contributed by atoms with Crippen molar-refractivity contribution < 1.29 is 9.53 Å². The molecule has 2 N–H and O–H groups in total. The van der Waals surface area contributed by atoms with Gasteiger partial charge in [-0.05, 0) is 31.4 Å². The molecular formula is C15H28N2O2S. The third kappa shape index (κ3) is 4.37. The van der Waals surface area contributed by atoms with Crippen molar-refractivity contribution in [3.63, 3.8) is 0 Å². The maximum absolute atomic E-state index is 12.7. The molecule has 0 aliphatic carbocycles. The number of unbranched alkanes of at least 4 members (excludes halogenated alkanes) is 1. The van der Waals surface area contributed by atoms with Crippen LogP contribution in [0.25, 0.3) is 0 Å². The molecule has 2 fully saturated rings. The van der Waals surface area contributed by atoms with E-state index >= 15 is 0 Å². The Morgan fingerprint density at radius 2 is 2.35 bits per heavy atom. The summed E-state index contributed by atoms with van der Waals surface area (Å²) in [7, 11) is 0. The molecule has 2 aliphatic heterocycles. The molecule has 20 heavy (non-hydrogen) atoms. The molecule has 0 radical (unpaired) electrons. The van der Waals surface area contributed by atoms with E-state index in [0.29, 0.717) is 6.04 Å². The van der Waals surface area contributed by atoms with E-state index in [0.717, 1.165) is 63.2 Å². The van der Waals surface area contributed by atoms with Gasteiger partial charge in [-0.25, -0.2) is 0 Å². The van der Waals surface area contributed by atoms with Crippen LogP contribution in [0.4, 0.5) is 0 Å². The lowest BCUT2D eigenvalue weighted by molar-refractivity contribution is -0.136. The summed E-state index contributed by atoms with van der Waals surface area (Å²) in [6.45, 7) is 3.72. The molecular weight excluding hydrogens is 272 g/mol. The summed E-state index contributed by atoms with van der Waals surface area (Å²) < 4.78 is 5.71. The van der Waals surface area contributed by atoms with Crippen LogP contribution in [0.1, 0.15) is 45.4 Å². The van der Waals surface area contributed by atoms with Gasteiger partial charge in [-0.2, -0.15) is 11.8 Å². The smallest absolute Gasteiger partial charge is 0.239 e. The Bertz CT molecular complexity index is 302. The average Bonchev–Trinajstić information content (AvgIpc) is 3.13. The highest BCUT2D eigenvalue weighted by molar-refractivity contribution is 7.99. The van der Waals surface area contributed by atoms with Gasteiger partial charge >= 0.3 is 0 Å². The number of ether oxygens (including phenoxy) is 1. The summed E-state index contributed by atoms with van der Waals surface area (Å²) in [5.74, 6) is 2.35. The van der Waals surface area contributed by atoms with Gasteiger partial charge in [-0.3, -0.25) is 4.79 Å². The minimum atomic E-state index is -0.332. The summed E-state index contributed by atoms with van der Waals surface area (Å²) in [4.78, 5) is 14.7. The molecule has 4 nitrogen and oxygen atoms in total. The Morgan fingerprint density at radius 1 is 1.50 bits per heavy atom. The van der Waals surface area contributed by atoms with E-state index in [2.05, 4.69) is 6.92 Å². The number of nitrogens with two attached hydrogens (primary N) is 1. The van der Waals surface area contributed by atoms with Gasteiger partial charge in [0.05, 0.1) is 12.1 Å². The maximum atomic E-state index is 12.7. The number of hydrogen-bond acceptors (Lipinski definition) is 4. The zero-order valence-electron chi connectivity index (χ0n) is 12.6. The largest absolute Gasteiger partial charge is 0.376 e. The number of nitrogens with zero attached hydrogens (tertiary/aromatic N) is 1. The average molecular weight is 300 g/mol. The molecule has 0 aromatic carbocycles. The van der Waals surface area contributed by atoms with Crippen LogP contribution in [-0.4, -0.2) is 53.7 Å². The second-order valence-electron chi connectivity index (χ2n) is 5.89. The number of carbonyl (C=O) groups excluding carboxylic acids is 1. The summed E-state index contributed by atoms with van der Waals surface area (Å²) in [6, 6.07) is 0.0336. The van der Waals surface area contributed by atoms with Crippen molar-refractivity contribution in [1.29, 1.82) is 0 Å². The zero-order chi connectivity index (χ0) is 14.4. The SMILES string of the molecule is CCCCC(N)C(=O)N(CC1CCCO1)C1CCSC1. The minimum Gasteiger partial charge on any atom is -0.376 e. The fourth-order valence-corrected chi connectivity index (χ4v) is 4.18. The molecule has 0 aromatic rings. The van der Waals surface area contributed by atoms with E-state index in [1.165, 1.54) is 0 Å². The first kappa shape index (κ1) is 16.1. The van der Waals surface area contributed by atoms with Crippen LogP contribution >= 0.6 is 11.8 Å². The van der Waals surface area contributed by atoms with Gasteiger partial charge in [0.2, 0.25) is 5.91 Å². The van der Waals surface area contributed by atoms with Crippen molar-refractivity contribution in [1.82, 2.24) is 4.90 Å². The van der Waals surface area contributed by atoms with Crippen molar-refractivity contribution in [3.8, 4) is 0 Å². The highest BCUT2D eigenvalue weighted by atomic mass is 32.2. The van der Waals surface area contributed by atoms with Crippen LogP contribution in [0.2, 0.25) is 0 Å². The number of thioether (sulfide) groups is 1. The summed E-state index contributed by atoms with van der Waals surface area (Å²) >= 11 is 1.94. The lowest BCUT2D eigenvalue weighted by Crippen LogP contribution is -2.51. The van der Waals surface area contributed by atoms with Crippen molar-refractivity contribution in [3.05, 3.63) is 0 Å². The summed E-state index contributed by atoms with van der Waals surface area (Å²) in [5.41, 5.74) is 6.11. The van der Waals surface area contributed by atoms with Crippen LogP contribution in [0.3, 0.4) is 0 Å². The monoisotopic (exact) mass is 300 g/mol. The van der Waals surface area contributed by atoms with E-state index < -0.39 is 0 Å². The normalized spacial score (nSPS) is 27.7. The first-order valence-corrected chi connectivity index (χ1v) is 9.13. The Hall–Kier alpha value is -0.260.